The minimum absolute atomic E-state index is 0.0509. The van der Waals surface area contributed by atoms with Gasteiger partial charge in [0.25, 0.3) is 0 Å². The molecule has 1 N–H and O–H groups in total. The Morgan fingerprint density at radius 1 is 1.23 bits per heavy atom. The SMILES string of the molecule is CC(Cl)C(=O)N(Cc1ccccc1)C(CO)C(C)O[Si](C)(C)C(C)(C)C. The molecule has 148 valence electrons. The fraction of sp³-hybridized carbons (Fsp3) is 0.650. The molecule has 3 atom stereocenters. The number of carbonyl (C=O) groups excluding carboxylic acids is 1. The lowest BCUT2D eigenvalue weighted by Gasteiger charge is -2.43. The van der Waals surface area contributed by atoms with Crippen LogP contribution in [0.5, 0.6) is 0 Å². The fourth-order valence-electron chi connectivity index (χ4n) is 2.59. The summed E-state index contributed by atoms with van der Waals surface area (Å²) < 4.78 is 6.45. The number of alkyl halides is 1. The van der Waals surface area contributed by atoms with Gasteiger partial charge in [-0.05, 0) is 37.5 Å². The zero-order valence-corrected chi connectivity index (χ0v) is 18.9. The molecule has 0 fully saturated rings. The molecule has 3 unspecified atom stereocenters. The van der Waals surface area contributed by atoms with Gasteiger partial charge in [-0.1, -0.05) is 51.1 Å². The van der Waals surface area contributed by atoms with Crippen molar-refractivity contribution in [2.24, 2.45) is 0 Å². The van der Waals surface area contributed by atoms with E-state index in [1.54, 1.807) is 11.8 Å². The molecular formula is C20H34ClNO3Si. The minimum atomic E-state index is -2.03. The molecule has 6 heteroatoms. The second-order valence-electron chi connectivity index (χ2n) is 8.40. The molecule has 0 saturated carbocycles. The van der Waals surface area contributed by atoms with E-state index in [9.17, 15) is 9.90 Å². The molecule has 0 saturated heterocycles. The van der Waals surface area contributed by atoms with Gasteiger partial charge in [-0.25, -0.2) is 0 Å². The van der Waals surface area contributed by atoms with Crippen LogP contribution in [0.3, 0.4) is 0 Å². The Labute approximate surface area is 164 Å². The van der Waals surface area contributed by atoms with Crippen LogP contribution in [0, 0.1) is 0 Å². The van der Waals surface area contributed by atoms with Crippen LogP contribution >= 0.6 is 11.6 Å². The number of benzene rings is 1. The van der Waals surface area contributed by atoms with Crippen molar-refractivity contribution in [1.29, 1.82) is 0 Å². The van der Waals surface area contributed by atoms with Crippen LogP contribution in [0.15, 0.2) is 30.3 Å². The van der Waals surface area contributed by atoms with Gasteiger partial charge in [-0.15, -0.1) is 11.6 Å². The average molecular weight is 400 g/mol. The molecule has 0 aliphatic heterocycles. The summed E-state index contributed by atoms with van der Waals surface area (Å²) in [5.74, 6) is -0.194. The number of amides is 1. The zero-order valence-electron chi connectivity index (χ0n) is 17.1. The number of hydrogen-bond acceptors (Lipinski definition) is 3. The molecule has 1 aromatic rings. The monoisotopic (exact) mass is 399 g/mol. The lowest BCUT2D eigenvalue weighted by Crippen LogP contribution is -2.54. The third-order valence-electron chi connectivity index (χ3n) is 5.24. The van der Waals surface area contributed by atoms with Crippen LogP contribution in [-0.2, 0) is 15.8 Å². The first-order chi connectivity index (χ1) is 11.9. The highest BCUT2D eigenvalue weighted by Gasteiger charge is 2.41. The zero-order chi connectivity index (χ0) is 20.1. The largest absolute Gasteiger partial charge is 0.412 e. The molecule has 4 nitrogen and oxygen atoms in total. The molecule has 26 heavy (non-hydrogen) atoms. The molecular weight excluding hydrogens is 366 g/mol. The van der Waals surface area contributed by atoms with Crippen molar-refractivity contribution in [2.45, 2.75) is 76.8 Å². The molecule has 0 aliphatic carbocycles. The van der Waals surface area contributed by atoms with Crippen molar-refractivity contribution in [1.82, 2.24) is 4.90 Å². The first-order valence-electron chi connectivity index (χ1n) is 9.18. The molecule has 0 aliphatic rings. The third kappa shape index (κ3) is 6.08. The summed E-state index contributed by atoms with van der Waals surface area (Å²) in [6.07, 6.45) is -0.288. The number of halogens is 1. The molecule has 1 rings (SSSR count). The Morgan fingerprint density at radius 3 is 2.19 bits per heavy atom. The van der Waals surface area contributed by atoms with Gasteiger partial charge in [0.2, 0.25) is 5.91 Å². The molecule has 0 spiro atoms. The van der Waals surface area contributed by atoms with Crippen molar-refractivity contribution >= 4 is 25.8 Å². The van der Waals surface area contributed by atoms with E-state index in [1.807, 2.05) is 37.3 Å². The highest BCUT2D eigenvalue weighted by atomic mass is 35.5. The summed E-state index contributed by atoms with van der Waals surface area (Å²) >= 11 is 6.10. The lowest BCUT2D eigenvalue weighted by atomic mass is 10.1. The van der Waals surface area contributed by atoms with Gasteiger partial charge >= 0.3 is 0 Å². The van der Waals surface area contributed by atoms with E-state index < -0.39 is 19.7 Å². The first kappa shape index (κ1) is 23.2. The van der Waals surface area contributed by atoms with Crippen LogP contribution in [0.25, 0.3) is 0 Å². The summed E-state index contributed by atoms with van der Waals surface area (Å²) in [5, 5.41) is 9.47. The highest BCUT2D eigenvalue weighted by Crippen LogP contribution is 2.38. The van der Waals surface area contributed by atoms with Crippen LogP contribution in [0.2, 0.25) is 18.1 Å². The first-order valence-corrected chi connectivity index (χ1v) is 12.5. The Balaban J connectivity index is 3.09. The third-order valence-corrected chi connectivity index (χ3v) is 10.00. The molecule has 1 amide bonds. The summed E-state index contributed by atoms with van der Waals surface area (Å²) in [7, 11) is -2.03. The number of rotatable bonds is 8. The number of nitrogens with zero attached hydrogens (tertiary/aromatic N) is 1. The van der Waals surface area contributed by atoms with Gasteiger partial charge in [0.1, 0.15) is 5.38 Å². The summed E-state index contributed by atoms with van der Waals surface area (Å²) in [4.78, 5) is 14.4. The number of hydrogen-bond donors (Lipinski definition) is 1. The second-order valence-corrected chi connectivity index (χ2v) is 13.8. The van der Waals surface area contributed by atoms with Gasteiger partial charge in [0.05, 0.1) is 18.8 Å². The van der Waals surface area contributed by atoms with Crippen molar-refractivity contribution < 1.29 is 14.3 Å². The van der Waals surface area contributed by atoms with E-state index in [2.05, 4.69) is 33.9 Å². The Kier molecular flexibility index (Phi) is 8.33. The van der Waals surface area contributed by atoms with Crippen LogP contribution in [-0.4, -0.2) is 48.4 Å². The fourth-order valence-corrected chi connectivity index (χ4v) is 4.15. The standard InChI is InChI=1S/C20H34ClNO3Si/c1-15(21)19(24)22(13-17-11-9-8-10-12-17)18(14-23)16(2)25-26(6,7)20(3,4)5/h8-12,15-16,18,23H,13-14H2,1-7H3. The lowest BCUT2D eigenvalue weighted by molar-refractivity contribution is -0.137. The Morgan fingerprint density at radius 2 is 1.77 bits per heavy atom. The van der Waals surface area contributed by atoms with Gasteiger partial charge in [0, 0.05) is 6.54 Å². The van der Waals surface area contributed by atoms with Gasteiger partial charge in [0.15, 0.2) is 8.32 Å². The van der Waals surface area contributed by atoms with E-state index in [4.69, 9.17) is 16.0 Å². The van der Waals surface area contributed by atoms with Gasteiger partial charge < -0.3 is 14.4 Å². The smallest absolute Gasteiger partial charge is 0.241 e. The van der Waals surface area contributed by atoms with Crippen molar-refractivity contribution in [2.75, 3.05) is 6.61 Å². The maximum atomic E-state index is 12.8. The molecule has 0 radical (unpaired) electrons. The Hall–Kier alpha value is -0.883. The minimum Gasteiger partial charge on any atom is -0.412 e. The van der Waals surface area contributed by atoms with Crippen molar-refractivity contribution in [3.63, 3.8) is 0 Å². The number of aliphatic hydroxyl groups is 1. The van der Waals surface area contributed by atoms with Gasteiger partial charge in [-0.2, -0.15) is 0 Å². The van der Waals surface area contributed by atoms with E-state index in [0.717, 1.165) is 5.56 Å². The average Bonchev–Trinajstić information content (AvgIpc) is 2.53. The number of aliphatic hydroxyl groups excluding tert-OH is 1. The van der Waals surface area contributed by atoms with E-state index >= 15 is 0 Å². The predicted molar refractivity (Wildman–Crippen MR) is 111 cm³/mol. The molecule has 1 aromatic carbocycles. The predicted octanol–water partition coefficient (Wildman–Crippen LogP) is 4.41. The molecule has 0 aromatic heterocycles. The van der Waals surface area contributed by atoms with Crippen molar-refractivity contribution in [3.8, 4) is 0 Å². The summed E-state index contributed by atoms with van der Waals surface area (Å²) in [5.41, 5.74) is 0.996. The molecule has 0 heterocycles. The maximum absolute atomic E-state index is 12.8. The summed E-state index contributed by atoms with van der Waals surface area (Å²) in [6, 6.07) is 9.29. The van der Waals surface area contributed by atoms with Crippen LogP contribution in [0.4, 0.5) is 0 Å². The van der Waals surface area contributed by atoms with Crippen LogP contribution < -0.4 is 0 Å². The van der Waals surface area contributed by atoms with Crippen molar-refractivity contribution in [3.05, 3.63) is 35.9 Å². The van der Waals surface area contributed by atoms with Crippen LogP contribution in [0.1, 0.15) is 40.2 Å². The van der Waals surface area contributed by atoms with E-state index in [1.165, 1.54) is 0 Å². The second kappa shape index (κ2) is 9.35. The highest BCUT2D eigenvalue weighted by molar-refractivity contribution is 6.74. The quantitative estimate of drug-likeness (QED) is 0.520. The maximum Gasteiger partial charge on any atom is 0.241 e. The van der Waals surface area contributed by atoms with E-state index in [0.29, 0.717) is 6.54 Å². The number of carbonyl (C=O) groups is 1. The topological polar surface area (TPSA) is 49.8 Å². The Bertz CT molecular complexity index is 572. The molecule has 0 bridgehead atoms. The van der Waals surface area contributed by atoms with E-state index in [-0.39, 0.29) is 23.7 Å². The normalized spacial score (nSPS) is 16.0. The van der Waals surface area contributed by atoms with Gasteiger partial charge in [-0.3, -0.25) is 4.79 Å². The summed E-state index contributed by atoms with van der Waals surface area (Å²) in [6.45, 7) is 14.7.